The zero-order chi connectivity index (χ0) is 16.8. The molecule has 0 saturated heterocycles. The summed E-state index contributed by atoms with van der Waals surface area (Å²) in [4.78, 5) is 10.6. The lowest BCUT2D eigenvalue weighted by Gasteiger charge is -2.32. The Hall–Kier alpha value is -1.83. The number of hydrogen-bond acceptors (Lipinski definition) is 1. The van der Waals surface area contributed by atoms with Crippen molar-refractivity contribution in [1.82, 2.24) is 0 Å². The van der Waals surface area contributed by atoms with Gasteiger partial charge in [-0.3, -0.25) is 4.79 Å². The minimum atomic E-state index is -0.791. The summed E-state index contributed by atoms with van der Waals surface area (Å²) in [5, 5.41) is 8.71. The maximum absolute atomic E-state index is 10.6. The second-order valence-electron chi connectivity index (χ2n) is 6.74. The molecule has 0 unspecified atom stereocenters. The fourth-order valence-electron chi connectivity index (χ4n) is 2.72. The number of carboxylic acid groups (broad SMARTS) is 1. The molecule has 0 bridgehead atoms. The minimum absolute atomic E-state index is 0.0926. The topological polar surface area (TPSA) is 37.3 Å². The van der Waals surface area contributed by atoms with Crippen LogP contribution in [0.3, 0.4) is 0 Å². The van der Waals surface area contributed by atoms with Crippen molar-refractivity contribution < 1.29 is 9.90 Å². The van der Waals surface area contributed by atoms with Crippen molar-refractivity contribution in [3.63, 3.8) is 0 Å². The molecule has 0 aromatic rings. The summed E-state index contributed by atoms with van der Waals surface area (Å²) in [5.74, 6) is -0.791. The summed E-state index contributed by atoms with van der Waals surface area (Å²) in [6, 6.07) is 0. The van der Waals surface area contributed by atoms with Gasteiger partial charge in [0.05, 0.1) is 6.42 Å². The number of hydrogen-bond donors (Lipinski definition) is 1. The molecule has 0 aromatic heterocycles. The van der Waals surface area contributed by atoms with E-state index in [0.717, 1.165) is 17.6 Å². The van der Waals surface area contributed by atoms with Gasteiger partial charge >= 0.3 is 5.97 Å². The lowest BCUT2D eigenvalue weighted by Crippen LogP contribution is -2.18. The number of rotatable bonds is 5. The molecule has 2 heteroatoms. The average molecular weight is 300 g/mol. The van der Waals surface area contributed by atoms with E-state index in [1.165, 1.54) is 17.6 Å². The first-order chi connectivity index (χ1) is 10.2. The summed E-state index contributed by atoms with van der Waals surface area (Å²) >= 11 is 0. The second kappa shape index (κ2) is 7.98. The molecule has 1 N–H and O–H groups in total. The molecule has 0 heterocycles. The minimum Gasteiger partial charge on any atom is -0.481 e. The van der Waals surface area contributed by atoms with E-state index in [1.807, 2.05) is 25.2 Å². The first-order valence-corrected chi connectivity index (χ1v) is 7.84. The molecule has 120 valence electrons. The summed E-state index contributed by atoms with van der Waals surface area (Å²) in [7, 11) is 0. The van der Waals surface area contributed by atoms with Gasteiger partial charge < -0.3 is 5.11 Å². The van der Waals surface area contributed by atoms with E-state index in [2.05, 4.69) is 45.9 Å². The summed E-state index contributed by atoms with van der Waals surface area (Å²) < 4.78 is 0. The van der Waals surface area contributed by atoms with E-state index in [-0.39, 0.29) is 11.8 Å². The van der Waals surface area contributed by atoms with Gasteiger partial charge in [-0.05, 0) is 44.6 Å². The number of aliphatic carboxylic acids is 1. The van der Waals surface area contributed by atoms with E-state index >= 15 is 0 Å². The Morgan fingerprint density at radius 1 is 1.32 bits per heavy atom. The van der Waals surface area contributed by atoms with Crippen LogP contribution in [0.15, 0.2) is 58.7 Å². The van der Waals surface area contributed by atoms with Crippen LogP contribution in [-0.4, -0.2) is 11.1 Å². The Labute approximate surface area is 134 Å². The van der Waals surface area contributed by atoms with Crippen LogP contribution in [0.5, 0.6) is 0 Å². The Balaban J connectivity index is 2.81. The molecule has 1 aliphatic rings. The molecule has 22 heavy (non-hydrogen) atoms. The van der Waals surface area contributed by atoms with E-state index in [1.54, 1.807) is 0 Å². The lowest BCUT2D eigenvalue weighted by atomic mass is 9.73. The predicted octanol–water partition coefficient (Wildman–Crippen LogP) is 5.60. The Kier molecular flexibility index (Phi) is 6.61. The van der Waals surface area contributed by atoms with Gasteiger partial charge in [-0.15, -0.1) is 0 Å². The van der Waals surface area contributed by atoms with Gasteiger partial charge in [0, 0.05) is 0 Å². The van der Waals surface area contributed by atoms with Crippen molar-refractivity contribution in [1.29, 1.82) is 0 Å². The van der Waals surface area contributed by atoms with Crippen molar-refractivity contribution in [2.75, 3.05) is 0 Å². The first kappa shape index (κ1) is 18.2. The fourth-order valence-corrected chi connectivity index (χ4v) is 2.72. The quantitative estimate of drug-likeness (QED) is 0.671. The highest BCUT2D eigenvalue weighted by Gasteiger charge is 2.26. The second-order valence-corrected chi connectivity index (χ2v) is 6.74. The van der Waals surface area contributed by atoms with Gasteiger partial charge in [-0.25, -0.2) is 0 Å². The standard InChI is InChI=1S/C20H28O2/c1-15(8-6-9-16(2)14-19(21)22)11-12-18-17(3)10-7-13-20(18,4)5/h6,8-12H,7,13-14H2,1-5H3,(H,21,22)/b8-6+,15-11+,16-9-,18-12-. The van der Waals surface area contributed by atoms with Crippen LogP contribution >= 0.6 is 0 Å². The highest BCUT2D eigenvalue weighted by Crippen LogP contribution is 2.40. The molecule has 0 aromatic carbocycles. The smallest absolute Gasteiger partial charge is 0.307 e. The van der Waals surface area contributed by atoms with E-state index in [9.17, 15) is 4.79 Å². The fraction of sp³-hybridized carbons (Fsp3) is 0.450. The summed E-state index contributed by atoms with van der Waals surface area (Å²) in [5.41, 5.74) is 5.02. The molecule has 2 nitrogen and oxygen atoms in total. The molecule has 0 amide bonds. The van der Waals surface area contributed by atoms with Crippen LogP contribution in [0.1, 0.15) is 53.9 Å². The molecule has 1 aliphatic carbocycles. The van der Waals surface area contributed by atoms with Gasteiger partial charge in [-0.1, -0.05) is 67.0 Å². The zero-order valence-corrected chi connectivity index (χ0v) is 14.4. The van der Waals surface area contributed by atoms with E-state index < -0.39 is 5.97 Å². The Morgan fingerprint density at radius 2 is 2.00 bits per heavy atom. The maximum Gasteiger partial charge on any atom is 0.307 e. The normalized spacial score (nSPS) is 21.3. The molecular weight excluding hydrogens is 272 g/mol. The predicted molar refractivity (Wildman–Crippen MR) is 93.8 cm³/mol. The van der Waals surface area contributed by atoms with Gasteiger partial charge in [-0.2, -0.15) is 0 Å². The zero-order valence-electron chi connectivity index (χ0n) is 14.4. The molecule has 0 aliphatic heterocycles. The third-order valence-electron chi connectivity index (χ3n) is 4.06. The Morgan fingerprint density at radius 3 is 2.59 bits per heavy atom. The third kappa shape index (κ3) is 5.88. The van der Waals surface area contributed by atoms with E-state index in [0.29, 0.717) is 0 Å². The van der Waals surface area contributed by atoms with Gasteiger partial charge in [0.25, 0.3) is 0 Å². The largest absolute Gasteiger partial charge is 0.481 e. The van der Waals surface area contributed by atoms with Gasteiger partial charge in [0.1, 0.15) is 0 Å². The molecule has 0 spiro atoms. The van der Waals surface area contributed by atoms with Crippen molar-refractivity contribution in [2.24, 2.45) is 5.41 Å². The van der Waals surface area contributed by atoms with Crippen molar-refractivity contribution in [3.8, 4) is 0 Å². The van der Waals surface area contributed by atoms with Crippen molar-refractivity contribution in [3.05, 3.63) is 58.7 Å². The van der Waals surface area contributed by atoms with Crippen LogP contribution < -0.4 is 0 Å². The van der Waals surface area contributed by atoms with Crippen LogP contribution in [0, 0.1) is 5.41 Å². The molecular formula is C20H28O2. The molecule has 1 rings (SSSR count). The van der Waals surface area contributed by atoms with Gasteiger partial charge in [0.15, 0.2) is 0 Å². The Bertz CT molecular complexity index is 567. The highest BCUT2D eigenvalue weighted by atomic mass is 16.4. The van der Waals surface area contributed by atoms with Crippen LogP contribution in [-0.2, 0) is 4.79 Å². The first-order valence-electron chi connectivity index (χ1n) is 7.84. The lowest BCUT2D eigenvalue weighted by molar-refractivity contribution is -0.136. The van der Waals surface area contributed by atoms with Crippen molar-refractivity contribution >= 4 is 5.97 Å². The highest BCUT2D eigenvalue weighted by molar-refractivity contribution is 5.69. The van der Waals surface area contributed by atoms with Crippen LogP contribution in [0.25, 0.3) is 0 Å². The SMILES string of the molecule is CC1=CCCC(C)(C)\C1=C/C=C(C)/C=C/C=C(/C)CC(=O)O. The van der Waals surface area contributed by atoms with Crippen LogP contribution in [0.2, 0.25) is 0 Å². The van der Waals surface area contributed by atoms with Crippen molar-refractivity contribution in [2.45, 2.75) is 53.9 Å². The van der Waals surface area contributed by atoms with Gasteiger partial charge in [0.2, 0.25) is 0 Å². The number of allylic oxidation sites excluding steroid dienone is 9. The number of carbonyl (C=O) groups is 1. The summed E-state index contributed by atoms with van der Waals surface area (Å²) in [6.45, 7) is 10.7. The molecule has 0 saturated carbocycles. The van der Waals surface area contributed by atoms with Crippen LogP contribution in [0.4, 0.5) is 0 Å². The summed E-state index contributed by atoms with van der Waals surface area (Å²) in [6.07, 6.45) is 14.9. The molecule has 0 atom stereocenters. The average Bonchev–Trinajstić information content (AvgIpc) is 2.36. The maximum atomic E-state index is 10.6. The van der Waals surface area contributed by atoms with E-state index in [4.69, 9.17) is 5.11 Å². The molecule has 0 radical (unpaired) electrons. The molecule has 0 fully saturated rings. The number of carboxylic acids is 1. The third-order valence-corrected chi connectivity index (χ3v) is 4.06. The monoisotopic (exact) mass is 300 g/mol.